The topological polar surface area (TPSA) is 46.2 Å². The predicted molar refractivity (Wildman–Crippen MR) is 41.0 cm³/mol. The van der Waals surface area contributed by atoms with E-state index < -0.39 is 12.6 Å². The highest BCUT2D eigenvalue weighted by Crippen LogP contribution is 2.14. The van der Waals surface area contributed by atoms with Gasteiger partial charge < -0.3 is 23.7 Å². The van der Waals surface area contributed by atoms with Crippen LogP contribution in [0.15, 0.2) is 24.7 Å². The summed E-state index contributed by atoms with van der Waals surface area (Å²) in [6.45, 7) is 0.391. The van der Waals surface area contributed by atoms with Crippen molar-refractivity contribution in [3.8, 4) is 0 Å². The molecule has 0 radical (unpaired) electrons. The molecule has 0 saturated carbocycles. The average Bonchev–Trinajstić information content (AvgIpc) is 2.47. The molecule has 1 saturated heterocycles. The van der Waals surface area contributed by atoms with Crippen LogP contribution in [0, 0.1) is 0 Å². The molecule has 5 nitrogen and oxygen atoms in total. The van der Waals surface area contributed by atoms with Crippen molar-refractivity contribution in [2.45, 2.75) is 12.6 Å². The molecule has 0 spiro atoms. The third-order valence-corrected chi connectivity index (χ3v) is 1.55. The molecule has 0 N–H and O–H groups in total. The van der Waals surface area contributed by atoms with Crippen LogP contribution in [-0.4, -0.2) is 26.2 Å². The highest BCUT2D eigenvalue weighted by Gasteiger charge is 2.27. The van der Waals surface area contributed by atoms with Crippen molar-refractivity contribution in [1.82, 2.24) is 0 Å². The number of hydrogen-bond acceptors (Lipinski definition) is 5. The summed E-state index contributed by atoms with van der Waals surface area (Å²) in [5.74, 6) is 0. The smallest absolute Gasteiger partial charge is 0.290 e. The Balaban J connectivity index is 1.90. The Bertz CT molecular complexity index is 193. The summed E-state index contributed by atoms with van der Waals surface area (Å²) < 4.78 is 25.4. The van der Waals surface area contributed by atoms with Gasteiger partial charge in [0.1, 0.15) is 0 Å². The summed E-state index contributed by atoms with van der Waals surface area (Å²) in [4.78, 5) is 0. The minimum Gasteiger partial charge on any atom is -0.458 e. The molecule has 13 heavy (non-hydrogen) atoms. The maximum Gasteiger partial charge on any atom is 0.290 e. The first-order chi connectivity index (χ1) is 6.47. The molecule has 1 fully saturated rings. The van der Waals surface area contributed by atoms with E-state index in [0.717, 1.165) is 0 Å². The Kier molecular flexibility index (Phi) is 2.81. The molecule has 2 aliphatic rings. The first kappa shape index (κ1) is 8.55. The zero-order chi connectivity index (χ0) is 8.93. The molecule has 0 aromatic rings. The second kappa shape index (κ2) is 4.27. The van der Waals surface area contributed by atoms with Crippen LogP contribution in [0.5, 0.6) is 0 Å². The average molecular weight is 186 g/mol. The van der Waals surface area contributed by atoms with E-state index >= 15 is 0 Å². The summed E-state index contributed by atoms with van der Waals surface area (Å²) in [6, 6.07) is 0. The quantitative estimate of drug-likeness (QED) is 0.603. The minimum atomic E-state index is -0.570. The number of hydrogen-bond donors (Lipinski definition) is 0. The van der Waals surface area contributed by atoms with Gasteiger partial charge in [0.05, 0.1) is 12.5 Å². The lowest BCUT2D eigenvalue weighted by atomic mass is 10.6. The SMILES string of the molecule is C1=COC(C2OCOCO2)OC=C1. The van der Waals surface area contributed by atoms with Gasteiger partial charge >= 0.3 is 0 Å². The predicted octanol–water partition coefficient (Wildman–Crippen LogP) is 0.691. The van der Waals surface area contributed by atoms with Crippen LogP contribution in [0.25, 0.3) is 0 Å². The van der Waals surface area contributed by atoms with E-state index in [1.807, 2.05) is 0 Å². The van der Waals surface area contributed by atoms with Gasteiger partial charge in [-0.15, -0.1) is 0 Å². The molecule has 0 aliphatic carbocycles. The van der Waals surface area contributed by atoms with Crippen molar-refractivity contribution in [3.05, 3.63) is 24.7 Å². The van der Waals surface area contributed by atoms with E-state index in [1.165, 1.54) is 12.5 Å². The van der Waals surface area contributed by atoms with Crippen LogP contribution in [-0.2, 0) is 23.7 Å². The van der Waals surface area contributed by atoms with E-state index in [-0.39, 0.29) is 13.6 Å². The lowest BCUT2D eigenvalue weighted by Crippen LogP contribution is -2.38. The van der Waals surface area contributed by atoms with E-state index in [9.17, 15) is 0 Å². The van der Waals surface area contributed by atoms with Gasteiger partial charge in [-0.1, -0.05) is 0 Å². The third-order valence-electron chi connectivity index (χ3n) is 1.55. The summed E-state index contributed by atoms with van der Waals surface area (Å²) >= 11 is 0. The molecule has 72 valence electrons. The summed E-state index contributed by atoms with van der Waals surface area (Å²) in [7, 11) is 0. The molecular weight excluding hydrogens is 176 g/mol. The molecule has 0 amide bonds. The van der Waals surface area contributed by atoms with Gasteiger partial charge in [-0.3, -0.25) is 0 Å². The lowest BCUT2D eigenvalue weighted by Gasteiger charge is -2.28. The second-order valence-electron chi connectivity index (χ2n) is 2.44. The molecule has 0 aromatic carbocycles. The molecule has 0 unspecified atom stereocenters. The molecule has 2 rings (SSSR count). The molecule has 2 aliphatic heterocycles. The largest absolute Gasteiger partial charge is 0.458 e. The first-order valence-corrected chi connectivity index (χ1v) is 3.90. The van der Waals surface area contributed by atoms with Crippen LogP contribution < -0.4 is 0 Å². The van der Waals surface area contributed by atoms with E-state index in [2.05, 4.69) is 0 Å². The lowest BCUT2D eigenvalue weighted by molar-refractivity contribution is -0.349. The van der Waals surface area contributed by atoms with Gasteiger partial charge in [0.2, 0.25) is 6.29 Å². The monoisotopic (exact) mass is 186 g/mol. The van der Waals surface area contributed by atoms with Crippen LogP contribution in [0.1, 0.15) is 0 Å². The first-order valence-electron chi connectivity index (χ1n) is 3.90. The fourth-order valence-corrected chi connectivity index (χ4v) is 0.966. The zero-order valence-electron chi connectivity index (χ0n) is 6.92. The van der Waals surface area contributed by atoms with Crippen LogP contribution >= 0.6 is 0 Å². The summed E-state index contributed by atoms with van der Waals surface area (Å²) in [5, 5.41) is 0. The Hall–Kier alpha value is -1.04. The van der Waals surface area contributed by atoms with Crippen molar-refractivity contribution in [1.29, 1.82) is 0 Å². The van der Waals surface area contributed by atoms with Crippen molar-refractivity contribution < 1.29 is 23.7 Å². The van der Waals surface area contributed by atoms with Crippen molar-refractivity contribution >= 4 is 0 Å². The Morgan fingerprint density at radius 3 is 2.08 bits per heavy atom. The number of allylic oxidation sites excluding steroid dienone is 2. The minimum absolute atomic E-state index is 0.196. The standard InChI is InChI=1S/C8H10O5/c1-2-4-11-7(10-3-1)8-12-5-9-6-13-8/h1-4,7-8H,5-6H2. The van der Waals surface area contributed by atoms with Gasteiger partial charge in [0.25, 0.3) is 6.29 Å². The Morgan fingerprint density at radius 1 is 0.846 bits per heavy atom. The molecule has 5 heteroatoms. The van der Waals surface area contributed by atoms with Crippen molar-refractivity contribution in [3.63, 3.8) is 0 Å². The molecule has 0 aromatic heterocycles. The molecule has 2 heterocycles. The van der Waals surface area contributed by atoms with Crippen LogP contribution in [0.3, 0.4) is 0 Å². The fourth-order valence-electron chi connectivity index (χ4n) is 0.966. The number of rotatable bonds is 1. The van der Waals surface area contributed by atoms with Gasteiger partial charge in [0.15, 0.2) is 13.6 Å². The maximum atomic E-state index is 5.17. The Labute approximate surface area is 75.5 Å². The molecular formula is C8H10O5. The third kappa shape index (κ3) is 2.21. The fraction of sp³-hybridized carbons (Fsp3) is 0.500. The van der Waals surface area contributed by atoms with Gasteiger partial charge in [-0.25, -0.2) is 0 Å². The highest BCUT2D eigenvalue weighted by molar-refractivity contribution is 4.98. The second-order valence-corrected chi connectivity index (χ2v) is 2.44. The van der Waals surface area contributed by atoms with Gasteiger partial charge in [-0.2, -0.15) is 0 Å². The Morgan fingerprint density at radius 2 is 1.46 bits per heavy atom. The molecule has 0 atom stereocenters. The number of ether oxygens (including phenoxy) is 5. The molecule has 0 bridgehead atoms. The van der Waals surface area contributed by atoms with Crippen LogP contribution in [0.2, 0.25) is 0 Å². The maximum absolute atomic E-state index is 5.17. The van der Waals surface area contributed by atoms with Crippen molar-refractivity contribution in [2.24, 2.45) is 0 Å². The highest BCUT2D eigenvalue weighted by atomic mass is 16.9. The summed E-state index contributed by atoms with van der Waals surface area (Å²) in [5.41, 5.74) is 0. The van der Waals surface area contributed by atoms with Gasteiger partial charge in [0, 0.05) is 0 Å². The van der Waals surface area contributed by atoms with E-state index in [1.54, 1.807) is 12.2 Å². The van der Waals surface area contributed by atoms with E-state index in [4.69, 9.17) is 23.7 Å². The van der Waals surface area contributed by atoms with Gasteiger partial charge in [-0.05, 0) is 12.2 Å². The van der Waals surface area contributed by atoms with Crippen LogP contribution in [0.4, 0.5) is 0 Å². The normalized spacial score (nSPS) is 24.9. The summed E-state index contributed by atoms with van der Waals surface area (Å²) in [6.07, 6.45) is 5.38. The zero-order valence-corrected chi connectivity index (χ0v) is 6.92. The van der Waals surface area contributed by atoms with E-state index in [0.29, 0.717) is 0 Å². The van der Waals surface area contributed by atoms with Crippen molar-refractivity contribution in [2.75, 3.05) is 13.6 Å².